The van der Waals surface area contributed by atoms with Crippen molar-refractivity contribution in [3.05, 3.63) is 47.5 Å². The highest BCUT2D eigenvalue weighted by atomic mass is 16.1. The van der Waals surface area contributed by atoms with Gasteiger partial charge in [-0.1, -0.05) is 30.3 Å². The van der Waals surface area contributed by atoms with Gasteiger partial charge in [0.25, 0.3) is 0 Å². The maximum absolute atomic E-state index is 11.4. The average molecular weight is 211 g/mol. The maximum atomic E-state index is 11.4. The number of carbonyl (C=O) groups excluding carboxylic acids is 1. The van der Waals surface area contributed by atoms with Crippen molar-refractivity contribution in [3.63, 3.8) is 0 Å². The van der Waals surface area contributed by atoms with Crippen LogP contribution in [0.4, 0.5) is 0 Å². The second kappa shape index (κ2) is 3.34. The van der Waals surface area contributed by atoms with Crippen LogP contribution >= 0.6 is 0 Å². The van der Waals surface area contributed by atoms with Gasteiger partial charge in [-0.05, 0) is 41.2 Å². The molecular weight excluding hydrogens is 198 g/mol. The second-order valence-corrected chi connectivity index (χ2v) is 4.39. The Labute approximate surface area is 94.1 Å². The summed E-state index contributed by atoms with van der Waals surface area (Å²) in [7, 11) is 0. The molecule has 0 saturated heterocycles. The summed E-state index contributed by atoms with van der Waals surface area (Å²) in [5, 5.41) is 2.37. The van der Waals surface area contributed by atoms with Crippen LogP contribution in [0.5, 0.6) is 0 Å². The molecule has 3 rings (SSSR count). The van der Waals surface area contributed by atoms with Crippen LogP contribution in [-0.2, 0) is 0 Å². The number of amides is 1. The van der Waals surface area contributed by atoms with E-state index in [0.717, 1.165) is 5.56 Å². The van der Waals surface area contributed by atoms with Gasteiger partial charge in [0, 0.05) is 5.56 Å². The van der Waals surface area contributed by atoms with Gasteiger partial charge in [-0.2, -0.15) is 0 Å². The zero-order chi connectivity index (χ0) is 11.1. The smallest absolute Gasteiger partial charge is 0.249 e. The van der Waals surface area contributed by atoms with Crippen LogP contribution in [-0.4, -0.2) is 5.91 Å². The molecule has 2 heteroatoms. The third-order valence-corrected chi connectivity index (χ3v) is 3.22. The van der Waals surface area contributed by atoms with E-state index in [1.807, 2.05) is 24.3 Å². The molecular formula is C14H13NO. The molecule has 0 aliphatic heterocycles. The SMILES string of the molecule is NC(=O)c1ccc2ccccc2c1C1CC1. The van der Waals surface area contributed by atoms with Crippen molar-refractivity contribution in [1.29, 1.82) is 0 Å². The first-order valence-electron chi connectivity index (χ1n) is 5.59. The van der Waals surface area contributed by atoms with E-state index in [-0.39, 0.29) is 5.91 Å². The molecule has 0 unspecified atom stereocenters. The van der Waals surface area contributed by atoms with Crippen LogP contribution < -0.4 is 5.73 Å². The van der Waals surface area contributed by atoms with Crippen LogP contribution in [0.1, 0.15) is 34.7 Å². The molecule has 0 heterocycles. The number of hydrogen-bond donors (Lipinski definition) is 1. The fourth-order valence-electron chi connectivity index (χ4n) is 2.32. The number of rotatable bonds is 2. The Morgan fingerprint density at radius 3 is 2.56 bits per heavy atom. The summed E-state index contributed by atoms with van der Waals surface area (Å²) in [6.45, 7) is 0. The lowest BCUT2D eigenvalue weighted by Crippen LogP contribution is -2.13. The molecule has 80 valence electrons. The van der Waals surface area contributed by atoms with E-state index in [9.17, 15) is 4.79 Å². The molecule has 1 fully saturated rings. The molecule has 0 atom stereocenters. The molecule has 1 saturated carbocycles. The molecule has 0 bridgehead atoms. The van der Waals surface area contributed by atoms with E-state index in [2.05, 4.69) is 12.1 Å². The Hall–Kier alpha value is -1.83. The first-order chi connectivity index (χ1) is 7.77. The first-order valence-corrected chi connectivity index (χ1v) is 5.59. The summed E-state index contributed by atoms with van der Waals surface area (Å²) in [5.41, 5.74) is 7.29. The lowest BCUT2D eigenvalue weighted by atomic mass is 9.95. The van der Waals surface area contributed by atoms with E-state index in [1.54, 1.807) is 0 Å². The summed E-state index contributed by atoms with van der Waals surface area (Å²) < 4.78 is 0. The van der Waals surface area contributed by atoms with Crippen molar-refractivity contribution in [2.75, 3.05) is 0 Å². The monoisotopic (exact) mass is 211 g/mol. The van der Waals surface area contributed by atoms with Gasteiger partial charge in [-0.3, -0.25) is 4.79 Å². The highest BCUT2D eigenvalue weighted by Crippen LogP contribution is 2.44. The number of hydrogen-bond acceptors (Lipinski definition) is 1. The normalized spacial score (nSPS) is 15.2. The van der Waals surface area contributed by atoms with Crippen molar-refractivity contribution < 1.29 is 4.79 Å². The van der Waals surface area contributed by atoms with Gasteiger partial charge in [0.1, 0.15) is 0 Å². The molecule has 1 amide bonds. The van der Waals surface area contributed by atoms with E-state index in [4.69, 9.17) is 5.73 Å². The van der Waals surface area contributed by atoms with Crippen molar-refractivity contribution >= 4 is 16.7 Å². The predicted octanol–water partition coefficient (Wildman–Crippen LogP) is 2.82. The molecule has 0 radical (unpaired) electrons. The Bertz CT molecular complexity index is 570. The summed E-state index contributed by atoms with van der Waals surface area (Å²) in [4.78, 5) is 11.4. The van der Waals surface area contributed by atoms with Gasteiger partial charge in [0.2, 0.25) is 5.91 Å². The molecule has 2 N–H and O–H groups in total. The van der Waals surface area contributed by atoms with Gasteiger partial charge >= 0.3 is 0 Å². The van der Waals surface area contributed by atoms with Gasteiger partial charge < -0.3 is 5.73 Å². The van der Waals surface area contributed by atoms with Gasteiger partial charge in [-0.25, -0.2) is 0 Å². The van der Waals surface area contributed by atoms with Crippen LogP contribution in [0.15, 0.2) is 36.4 Å². The third-order valence-electron chi connectivity index (χ3n) is 3.22. The fourth-order valence-corrected chi connectivity index (χ4v) is 2.32. The number of fused-ring (bicyclic) bond motifs is 1. The number of carbonyl (C=O) groups is 1. The van der Waals surface area contributed by atoms with Crippen molar-refractivity contribution in [2.45, 2.75) is 18.8 Å². The quantitative estimate of drug-likeness (QED) is 0.815. The summed E-state index contributed by atoms with van der Waals surface area (Å²) >= 11 is 0. The van der Waals surface area contributed by atoms with E-state index < -0.39 is 0 Å². The highest BCUT2D eigenvalue weighted by molar-refractivity contribution is 6.01. The molecule has 1 aliphatic rings. The van der Waals surface area contributed by atoms with Gasteiger partial charge in [0.15, 0.2) is 0 Å². The van der Waals surface area contributed by atoms with Crippen molar-refractivity contribution in [3.8, 4) is 0 Å². The zero-order valence-corrected chi connectivity index (χ0v) is 8.94. The van der Waals surface area contributed by atoms with E-state index in [1.165, 1.54) is 23.6 Å². The van der Waals surface area contributed by atoms with Crippen LogP contribution in [0, 0.1) is 0 Å². The van der Waals surface area contributed by atoms with Crippen molar-refractivity contribution in [2.24, 2.45) is 5.73 Å². The van der Waals surface area contributed by atoms with Crippen molar-refractivity contribution in [1.82, 2.24) is 0 Å². The maximum Gasteiger partial charge on any atom is 0.249 e. The Kier molecular flexibility index (Phi) is 1.96. The number of nitrogens with two attached hydrogens (primary N) is 1. The molecule has 0 spiro atoms. The lowest BCUT2D eigenvalue weighted by Gasteiger charge is -2.09. The Morgan fingerprint density at radius 2 is 1.88 bits per heavy atom. The molecule has 2 nitrogen and oxygen atoms in total. The summed E-state index contributed by atoms with van der Waals surface area (Å²) in [5.74, 6) is 0.223. The minimum atomic E-state index is -0.312. The molecule has 1 aliphatic carbocycles. The van der Waals surface area contributed by atoms with E-state index >= 15 is 0 Å². The largest absolute Gasteiger partial charge is 0.366 e. The summed E-state index contributed by atoms with van der Waals surface area (Å²) in [6, 6.07) is 12.0. The topological polar surface area (TPSA) is 43.1 Å². The molecule has 0 aromatic heterocycles. The fraction of sp³-hybridized carbons (Fsp3) is 0.214. The standard InChI is InChI=1S/C14H13NO/c15-14(16)12-8-7-9-3-1-2-4-11(9)13(12)10-5-6-10/h1-4,7-8,10H,5-6H2,(H2,15,16). The minimum absolute atomic E-state index is 0.312. The molecule has 2 aromatic rings. The van der Waals surface area contributed by atoms with Gasteiger partial charge in [-0.15, -0.1) is 0 Å². The highest BCUT2D eigenvalue weighted by Gasteiger charge is 2.29. The third kappa shape index (κ3) is 1.38. The van der Waals surface area contributed by atoms with Crippen LogP contribution in [0.3, 0.4) is 0 Å². The first kappa shape index (κ1) is 9.40. The Balaban J connectivity index is 2.35. The molecule has 16 heavy (non-hydrogen) atoms. The minimum Gasteiger partial charge on any atom is -0.366 e. The average Bonchev–Trinajstić information content (AvgIpc) is 3.11. The zero-order valence-electron chi connectivity index (χ0n) is 8.94. The lowest BCUT2D eigenvalue weighted by molar-refractivity contribution is 0.0999. The summed E-state index contributed by atoms with van der Waals surface area (Å²) in [6.07, 6.45) is 2.35. The number of primary amides is 1. The predicted molar refractivity (Wildman–Crippen MR) is 64.4 cm³/mol. The number of benzene rings is 2. The van der Waals surface area contributed by atoms with Crippen LogP contribution in [0.2, 0.25) is 0 Å². The van der Waals surface area contributed by atoms with E-state index in [0.29, 0.717) is 11.5 Å². The van der Waals surface area contributed by atoms with Crippen LogP contribution in [0.25, 0.3) is 10.8 Å². The van der Waals surface area contributed by atoms with Gasteiger partial charge in [0.05, 0.1) is 0 Å². The Morgan fingerprint density at radius 1 is 1.12 bits per heavy atom. The molecule has 2 aromatic carbocycles. The second-order valence-electron chi connectivity index (χ2n) is 4.39.